The minimum atomic E-state index is -0.496. The van der Waals surface area contributed by atoms with Crippen LogP contribution in [-0.4, -0.2) is 22.8 Å². The zero-order chi connectivity index (χ0) is 12.9. The first kappa shape index (κ1) is 11.5. The number of benzene rings is 1. The lowest BCUT2D eigenvalue weighted by atomic mass is 9.95. The molecule has 3 rings (SSSR count). The Morgan fingerprint density at radius 3 is 3.06 bits per heavy atom. The van der Waals surface area contributed by atoms with E-state index >= 15 is 0 Å². The van der Waals surface area contributed by atoms with Gasteiger partial charge in [-0.2, -0.15) is 11.8 Å². The van der Waals surface area contributed by atoms with Gasteiger partial charge in [-0.3, -0.25) is 14.9 Å². The van der Waals surface area contributed by atoms with Crippen molar-refractivity contribution < 1.29 is 9.72 Å². The van der Waals surface area contributed by atoms with Crippen molar-refractivity contribution in [1.82, 2.24) is 0 Å². The Labute approximate surface area is 108 Å². The number of anilines is 1. The summed E-state index contributed by atoms with van der Waals surface area (Å²) < 4.78 is 0. The average Bonchev–Trinajstić information content (AvgIpc) is 2.97. The number of nitrogens with zero attached hydrogens (tertiary/aromatic N) is 1. The first-order chi connectivity index (χ1) is 8.59. The van der Waals surface area contributed by atoms with Crippen LogP contribution in [0.3, 0.4) is 0 Å². The molecule has 6 heteroatoms. The van der Waals surface area contributed by atoms with Crippen LogP contribution in [0.25, 0.3) is 0 Å². The Balaban J connectivity index is 2.04. The maximum absolute atomic E-state index is 12.1. The van der Waals surface area contributed by atoms with E-state index in [0.717, 1.165) is 23.4 Å². The molecular formula is C12H12N2O3S. The minimum absolute atomic E-state index is 0.00273. The summed E-state index contributed by atoms with van der Waals surface area (Å²) in [6.45, 7) is 0. The smallest absolute Gasteiger partial charge is 0.269 e. The molecule has 5 nitrogen and oxygen atoms in total. The lowest BCUT2D eigenvalue weighted by Gasteiger charge is -2.07. The Morgan fingerprint density at radius 1 is 1.61 bits per heavy atom. The molecule has 1 amide bonds. The van der Waals surface area contributed by atoms with Gasteiger partial charge >= 0.3 is 0 Å². The molecule has 0 saturated heterocycles. The maximum Gasteiger partial charge on any atom is 0.269 e. The molecule has 2 unspecified atom stereocenters. The Kier molecular flexibility index (Phi) is 2.38. The van der Waals surface area contributed by atoms with Crippen LogP contribution in [0.15, 0.2) is 18.2 Å². The molecule has 1 aromatic rings. The highest BCUT2D eigenvalue weighted by atomic mass is 32.2. The fraction of sp³-hybridized carbons (Fsp3) is 0.417. The molecule has 1 aliphatic carbocycles. The van der Waals surface area contributed by atoms with E-state index < -0.39 is 10.3 Å². The molecule has 0 radical (unpaired) electrons. The molecule has 94 valence electrons. The van der Waals surface area contributed by atoms with E-state index in [2.05, 4.69) is 5.32 Å². The molecule has 0 bridgehead atoms. The number of thioether (sulfide) groups is 1. The Morgan fingerprint density at radius 2 is 2.39 bits per heavy atom. The van der Waals surface area contributed by atoms with E-state index in [1.165, 1.54) is 6.07 Å². The molecule has 1 aromatic carbocycles. The number of fused-ring (bicyclic) bond motifs is 2. The van der Waals surface area contributed by atoms with Gasteiger partial charge < -0.3 is 5.32 Å². The third-order valence-electron chi connectivity index (χ3n) is 3.82. The molecule has 2 aliphatic rings. The summed E-state index contributed by atoms with van der Waals surface area (Å²) in [7, 11) is 0. The van der Waals surface area contributed by atoms with Gasteiger partial charge in [0.25, 0.3) is 5.69 Å². The van der Waals surface area contributed by atoms with Crippen molar-refractivity contribution in [1.29, 1.82) is 0 Å². The molecule has 1 spiro atoms. The summed E-state index contributed by atoms with van der Waals surface area (Å²) in [5.41, 5.74) is 1.10. The molecule has 1 fully saturated rings. The van der Waals surface area contributed by atoms with Crippen LogP contribution in [0.1, 0.15) is 12.0 Å². The molecule has 1 aliphatic heterocycles. The molecule has 1 saturated carbocycles. The topological polar surface area (TPSA) is 72.2 Å². The lowest BCUT2D eigenvalue weighted by Crippen LogP contribution is -2.22. The van der Waals surface area contributed by atoms with E-state index in [4.69, 9.17) is 0 Å². The van der Waals surface area contributed by atoms with Gasteiger partial charge in [-0.25, -0.2) is 0 Å². The second-order valence-corrected chi connectivity index (χ2v) is 5.68. The zero-order valence-corrected chi connectivity index (χ0v) is 10.6. The van der Waals surface area contributed by atoms with E-state index in [0.29, 0.717) is 5.92 Å². The number of nitrogens with one attached hydrogen (secondary N) is 1. The number of amides is 1. The summed E-state index contributed by atoms with van der Waals surface area (Å²) in [5, 5.41) is 13.7. The molecule has 0 aromatic heterocycles. The largest absolute Gasteiger partial charge is 0.325 e. The monoisotopic (exact) mass is 264 g/mol. The number of non-ortho nitro benzene ring substituents is 1. The highest BCUT2D eigenvalue weighted by Gasteiger charge is 2.64. The molecule has 1 N–H and O–H groups in total. The van der Waals surface area contributed by atoms with Crippen LogP contribution >= 0.6 is 11.8 Å². The number of nitro groups is 1. The number of rotatable bonds is 3. The predicted molar refractivity (Wildman–Crippen MR) is 69.9 cm³/mol. The van der Waals surface area contributed by atoms with Crippen LogP contribution in [0.4, 0.5) is 11.4 Å². The second-order valence-electron chi connectivity index (χ2n) is 4.77. The quantitative estimate of drug-likeness (QED) is 0.670. The van der Waals surface area contributed by atoms with Crippen molar-refractivity contribution in [3.8, 4) is 0 Å². The van der Waals surface area contributed by atoms with E-state index in [1.54, 1.807) is 23.9 Å². The number of nitro benzene ring substituents is 1. The zero-order valence-electron chi connectivity index (χ0n) is 9.80. The second kappa shape index (κ2) is 3.71. The molecule has 1 heterocycles. The van der Waals surface area contributed by atoms with Crippen molar-refractivity contribution in [2.24, 2.45) is 5.92 Å². The standard InChI is InChI=1S/C12H12N2O3S/c1-18-6-7-5-12(7)9-4-8(14(16)17)2-3-10(9)13-11(12)15/h2-4,7H,5-6H2,1H3,(H,13,15). The van der Waals surface area contributed by atoms with Gasteiger partial charge in [0.1, 0.15) is 0 Å². The normalized spacial score (nSPS) is 28.1. The van der Waals surface area contributed by atoms with Crippen molar-refractivity contribution in [2.45, 2.75) is 11.8 Å². The molecule has 2 atom stereocenters. The van der Waals surface area contributed by atoms with Crippen molar-refractivity contribution in [2.75, 3.05) is 17.3 Å². The predicted octanol–water partition coefficient (Wildman–Crippen LogP) is 2.17. The Bertz CT molecular complexity index is 560. The van der Waals surface area contributed by atoms with Gasteiger partial charge in [0.05, 0.1) is 10.3 Å². The third-order valence-corrected chi connectivity index (χ3v) is 4.56. The van der Waals surface area contributed by atoms with Crippen LogP contribution in [0.2, 0.25) is 0 Å². The lowest BCUT2D eigenvalue weighted by molar-refractivity contribution is -0.384. The van der Waals surface area contributed by atoms with Crippen molar-refractivity contribution >= 4 is 29.0 Å². The fourth-order valence-corrected chi connectivity index (χ4v) is 3.62. The third kappa shape index (κ3) is 1.38. The summed E-state index contributed by atoms with van der Waals surface area (Å²) in [6, 6.07) is 4.62. The van der Waals surface area contributed by atoms with Crippen LogP contribution in [0, 0.1) is 16.0 Å². The van der Waals surface area contributed by atoms with Gasteiger partial charge in [-0.15, -0.1) is 0 Å². The van der Waals surface area contributed by atoms with Gasteiger partial charge in [0, 0.05) is 17.8 Å². The molecule has 18 heavy (non-hydrogen) atoms. The number of carbonyl (C=O) groups is 1. The van der Waals surface area contributed by atoms with Crippen molar-refractivity contribution in [3.63, 3.8) is 0 Å². The Hall–Kier alpha value is -1.56. The minimum Gasteiger partial charge on any atom is -0.325 e. The van der Waals surface area contributed by atoms with E-state index in [1.807, 2.05) is 6.26 Å². The SMILES string of the molecule is CSCC1CC12C(=O)Nc1ccc([N+](=O)[O-])cc12. The first-order valence-electron chi connectivity index (χ1n) is 5.69. The van der Waals surface area contributed by atoms with Crippen LogP contribution < -0.4 is 5.32 Å². The van der Waals surface area contributed by atoms with E-state index in [9.17, 15) is 14.9 Å². The first-order valence-corrected chi connectivity index (χ1v) is 7.08. The average molecular weight is 264 g/mol. The summed E-state index contributed by atoms with van der Waals surface area (Å²) in [6.07, 6.45) is 2.81. The molecular weight excluding hydrogens is 252 g/mol. The highest BCUT2D eigenvalue weighted by Crippen LogP contribution is 2.61. The fourth-order valence-electron chi connectivity index (χ4n) is 2.82. The number of hydrogen-bond donors (Lipinski definition) is 1. The van der Waals surface area contributed by atoms with Gasteiger partial charge in [-0.05, 0) is 36.0 Å². The number of hydrogen-bond acceptors (Lipinski definition) is 4. The van der Waals surface area contributed by atoms with Crippen LogP contribution in [0.5, 0.6) is 0 Å². The van der Waals surface area contributed by atoms with Gasteiger partial charge in [-0.1, -0.05) is 0 Å². The summed E-state index contributed by atoms with van der Waals surface area (Å²) in [4.78, 5) is 22.5. The summed E-state index contributed by atoms with van der Waals surface area (Å²) in [5.74, 6) is 1.21. The van der Waals surface area contributed by atoms with Gasteiger partial charge in [0.15, 0.2) is 0 Å². The highest BCUT2D eigenvalue weighted by molar-refractivity contribution is 7.98. The van der Waals surface area contributed by atoms with Crippen LogP contribution in [-0.2, 0) is 10.2 Å². The van der Waals surface area contributed by atoms with E-state index in [-0.39, 0.29) is 11.6 Å². The van der Waals surface area contributed by atoms with Gasteiger partial charge in [0.2, 0.25) is 5.91 Å². The number of carbonyl (C=O) groups excluding carboxylic acids is 1. The maximum atomic E-state index is 12.1. The summed E-state index contributed by atoms with van der Waals surface area (Å²) >= 11 is 1.71. The van der Waals surface area contributed by atoms with Crippen molar-refractivity contribution in [3.05, 3.63) is 33.9 Å².